The fourth-order valence-corrected chi connectivity index (χ4v) is 2.50. The number of nitroso groups, excluding NO2 is 1. The highest BCUT2D eigenvalue weighted by atomic mass is 31.2. The van der Waals surface area contributed by atoms with Gasteiger partial charge in [0.1, 0.15) is 5.69 Å². The van der Waals surface area contributed by atoms with E-state index >= 15 is 0 Å². The molecule has 2 aromatic rings. The fourth-order valence-electron chi connectivity index (χ4n) is 1.51. The lowest BCUT2D eigenvalue weighted by Gasteiger charge is -2.23. The van der Waals surface area contributed by atoms with Gasteiger partial charge < -0.3 is 9.42 Å². The van der Waals surface area contributed by atoms with Crippen LogP contribution in [-0.2, 0) is 9.09 Å². The predicted molar refractivity (Wildman–Crippen MR) is 71.0 cm³/mol. The number of carbonyl (C=O) groups excluding carboxylic acids is 1. The van der Waals surface area contributed by atoms with Gasteiger partial charge in [-0.1, -0.05) is 24.3 Å². The Hall–Kier alpha value is -2.30. The van der Waals surface area contributed by atoms with Gasteiger partial charge in [0, 0.05) is 5.30 Å². The van der Waals surface area contributed by atoms with Crippen molar-refractivity contribution in [3.63, 3.8) is 0 Å². The molecule has 0 heterocycles. The van der Waals surface area contributed by atoms with Gasteiger partial charge in [-0.15, -0.1) is 4.91 Å². The molecular formula is C13H9NO5P-. The molecule has 0 saturated heterocycles. The van der Waals surface area contributed by atoms with Gasteiger partial charge in [0.25, 0.3) is 0 Å². The molecule has 1 unspecified atom stereocenters. The zero-order valence-corrected chi connectivity index (χ0v) is 11.0. The summed E-state index contributed by atoms with van der Waals surface area (Å²) in [5.41, 5.74) is 0.0579. The highest BCUT2D eigenvalue weighted by Crippen LogP contribution is 2.37. The maximum Gasteiger partial charge on any atom is 0.342 e. The third-order valence-corrected chi connectivity index (χ3v) is 3.78. The van der Waals surface area contributed by atoms with Crippen molar-refractivity contribution in [1.82, 2.24) is 0 Å². The van der Waals surface area contributed by atoms with Crippen LogP contribution in [0.15, 0.2) is 59.8 Å². The van der Waals surface area contributed by atoms with E-state index in [9.17, 15) is 19.2 Å². The second-order valence-electron chi connectivity index (χ2n) is 3.85. The van der Waals surface area contributed by atoms with Crippen LogP contribution >= 0.6 is 7.60 Å². The first-order valence-corrected chi connectivity index (χ1v) is 7.11. The summed E-state index contributed by atoms with van der Waals surface area (Å²) in [5.74, 6) is -0.978. The van der Waals surface area contributed by atoms with Crippen molar-refractivity contribution in [3.8, 4) is 0 Å². The van der Waals surface area contributed by atoms with Crippen LogP contribution < -0.4 is 10.2 Å². The van der Waals surface area contributed by atoms with Gasteiger partial charge in [-0.05, 0) is 35.5 Å². The fraction of sp³-hybridized carbons (Fsp3) is 0. The second kappa shape index (κ2) is 5.77. The zero-order valence-electron chi connectivity index (χ0n) is 10.1. The Morgan fingerprint density at radius 3 is 2.45 bits per heavy atom. The average molecular weight is 290 g/mol. The third-order valence-electron chi connectivity index (χ3n) is 2.46. The standard InChI is InChI=1S/C13H10NO5P/c15-13(10-5-2-1-3-6-10)19-20(17,18)12-8-4-7-11(9-12)14-16/h1-9H,(H,17,18)/p-1. The number of rotatable bonds is 4. The van der Waals surface area contributed by atoms with Crippen molar-refractivity contribution in [2.24, 2.45) is 5.18 Å². The molecule has 102 valence electrons. The minimum Gasteiger partial charge on any atom is -0.765 e. The van der Waals surface area contributed by atoms with Crippen LogP contribution in [-0.4, -0.2) is 5.97 Å². The molecular weight excluding hydrogens is 281 g/mol. The van der Waals surface area contributed by atoms with Gasteiger partial charge in [-0.3, -0.25) is 4.57 Å². The van der Waals surface area contributed by atoms with Crippen molar-refractivity contribution >= 4 is 24.6 Å². The molecule has 0 fully saturated rings. The molecule has 7 heteroatoms. The maximum absolute atomic E-state index is 11.9. The lowest BCUT2D eigenvalue weighted by atomic mass is 10.2. The molecule has 2 rings (SSSR count). The molecule has 0 amide bonds. The van der Waals surface area contributed by atoms with Crippen LogP contribution in [0.2, 0.25) is 0 Å². The summed E-state index contributed by atoms with van der Waals surface area (Å²) in [4.78, 5) is 34.0. The molecule has 0 spiro atoms. The van der Waals surface area contributed by atoms with Gasteiger partial charge in [0.15, 0.2) is 0 Å². The van der Waals surface area contributed by atoms with Crippen LogP contribution in [0.25, 0.3) is 0 Å². The quantitative estimate of drug-likeness (QED) is 0.634. The van der Waals surface area contributed by atoms with Crippen LogP contribution in [0.1, 0.15) is 10.4 Å². The van der Waals surface area contributed by atoms with Crippen molar-refractivity contribution in [3.05, 3.63) is 65.1 Å². The third kappa shape index (κ3) is 3.17. The molecule has 0 aliphatic heterocycles. The molecule has 0 saturated carbocycles. The molecule has 2 aromatic carbocycles. The first kappa shape index (κ1) is 14.1. The Balaban J connectivity index is 2.25. The molecule has 6 nitrogen and oxygen atoms in total. The highest BCUT2D eigenvalue weighted by Gasteiger charge is 2.19. The zero-order chi connectivity index (χ0) is 14.6. The Bertz CT molecular complexity index is 686. The van der Waals surface area contributed by atoms with Gasteiger partial charge in [0.05, 0.1) is 5.56 Å². The molecule has 20 heavy (non-hydrogen) atoms. The lowest BCUT2D eigenvalue weighted by molar-refractivity contribution is -0.189. The molecule has 0 aliphatic rings. The molecule has 0 radical (unpaired) electrons. The van der Waals surface area contributed by atoms with E-state index < -0.39 is 13.6 Å². The summed E-state index contributed by atoms with van der Waals surface area (Å²) in [6.45, 7) is 0. The van der Waals surface area contributed by atoms with Crippen molar-refractivity contribution in [2.45, 2.75) is 0 Å². The van der Waals surface area contributed by atoms with Crippen LogP contribution in [0, 0.1) is 4.91 Å². The largest absolute Gasteiger partial charge is 0.765 e. The first-order valence-electron chi connectivity index (χ1n) is 5.57. The topological polar surface area (TPSA) is 95.9 Å². The number of hydrogen-bond acceptors (Lipinski definition) is 6. The Morgan fingerprint density at radius 2 is 1.80 bits per heavy atom. The molecule has 0 N–H and O–H groups in total. The van der Waals surface area contributed by atoms with E-state index in [4.69, 9.17) is 0 Å². The summed E-state index contributed by atoms with van der Waals surface area (Å²) in [6.07, 6.45) is 0. The van der Waals surface area contributed by atoms with E-state index in [0.29, 0.717) is 0 Å². The smallest absolute Gasteiger partial charge is 0.342 e. The summed E-state index contributed by atoms with van der Waals surface area (Å²) >= 11 is 0. The minimum atomic E-state index is -4.61. The van der Waals surface area contributed by atoms with Crippen molar-refractivity contribution in [2.75, 3.05) is 0 Å². The number of carbonyl (C=O) groups is 1. The first-order chi connectivity index (χ1) is 9.53. The van der Waals surface area contributed by atoms with Crippen molar-refractivity contribution < 1.29 is 18.8 Å². The van der Waals surface area contributed by atoms with Crippen LogP contribution in [0.5, 0.6) is 0 Å². The summed E-state index contributed by atoms with van der Waals surface area (Å²) in [5, 5.41) is 2.35. The predicted octanol–water partition coefficient (Wildman–Crippen LogP) is 2.12. The highest BCUT2D eigenvalue weighted by molar-refractivity contribution is 7.60. The Kier molecular flexibility index (Phi) is 4.08. The number of hydrogen-bond donors (Lipinski definition) is 0. The Labute approximate surface area is 114 Å². The average Bonchev–Trinajstić information content (AvgIpc) is 2.48. The van der Waals surface area contributed by atoms with E-state index in [0.717, 1.165) is 6.07 Å². The molecule has 0 aliphatic carbocycles. The van der Waals surface area contributed by atoms with E-state index in [1.54, 1.807) is 18.2 Å². The Morgan fingerprint density at radius 1 is 1.10 bits per heavy atom. The number of nitrogens with zero attached hydrogens (tertiary/aromatic N) is 1. The number of benzene rings is 2. The molecule has 0 aromatic heterocycles. The molecule has 0 bridgehead atoms. The summed E-state index contributed by atoms with van der Waals surface area (Å²) < 4.78 is 16.5. The maximum atomic E-state index is 11.9. The summed E-state index contributed by atoms with van der Waals surface area (Å²) in [6, 6.07) is 12.7. The molecule has 1 atom stereocenters. The van der Waals surface area contributed by atoms with E-state index in [1.165, 1.54) is 30.3 Å². The normalized spacial score (nSPS) is 13.2. The minimum absolute atomic E-state index is 0.0608. The second-order valence-corrected chi connectivity index (χ2v) is 5.55. The van der Waals surface area contributed by atoms with Crippen molar-refractivity contribution in [1.29, 1.82) is 0 Å². The van der Waals surface area contributed by atoms with E-state index in [1.807, 2.05) is 0 Å². The lowest BCUT2D eigenvalue weighted by Crippen LogP contribution is -2.20. The SMILES string of the molecule is O=Nc1cccc(P(=O)([O-])OC(=O)c2ccccc2)c1. The van der Waals surface area contributed by atoms with E-state index in [-0.39, 0.29) is 16.6 Å². The van der Waals surface area contributed by atoms with Crippen LogP contribution in [0.3, 0.4) is 0 Å². The van der Waals surface area contributed by atoms with Gasteiger partial charge in [-0.2, -0.15) is 0 Å². The monoisotopic (exact) mass is 290 g/mol. The van der Waals surface area contributed by atoms with Gasteiger partial charge in [0.2, 0.25) is 7.60 Å². The van der Waals surface area contributed by atoms with Crippen LogP contribution in [0.4, 0.5) is 5.69 Å². The van der Waals surface area contributed by atoms with E-state index in [2.05, 4.69) is 9.70 Å². The van der Waals surface area contributed by atoms with Gasteiger partial charge >= 0.3 is 5.97 Å². The van der Waals surface area contributed by atoms with Gasteiger partial charge in [-0.25, -0.2) is 4.79 Å². The summed E-state index contributed by atoms with van der Waals surface area (Å²) in [7, 11) is -4.61.